The molecule has 0 saturated heterocycles. The van der Waals surface area contributed by atoms with Gasteiger partial charge in [0.05, 0.1) is 23.2 Å². The number of likely N-dealkylation sites (N-methyl/N-ethyl adjacent to an activating group) is 1. The van der Waals surface area contributed by atoms with Gasteiger partial charge in [-0.15, -0.1) is 0 Å². The van der Waals surface area contributed by atoms with Gasteiger partial charge >= 0.3 is 0 Å². The fourth-order valence-corrected chi connectivity index (χ4v) is 2.64. The zero-order valence-electron chi connectivity index (χ0n) is 13.7. The van der Waals surface area contributed by atoms with E-state index in [1.54, 1.807) is 6.07 Å². The van der Waals surface area contributed by atoms with E-state index in [4.69, 9.17) is 27.9 Å². The zero-order valence-corrected chi connectivity index (χ0v) is 15.2. The second kappa shape index (κ2) is 8.92. The molecule has 0 fully saturated rings. The van der Waals surface area contributed by atoms with Gasteiger partial charge in [-0.05, 0) is 49.9 Å². The lowest BCUT2D eigenvalue weighted by atomic mass is 10.2. The third-order valence-electron chi connectivity index (χ3n) is 3.33. The fourth-order valence-electron chi connectivity index (χ4n) is 2.26. The van der Waals surface area contributed by atoms with Crippen LogP contribution in [-0.4, -0.2) is 31.0 Å². The summed E-state index contributed by atoms with van der Waals surface area (Å²) in [6.45, 7) is 3.33. The molecule has 0 atom stereocenters. The number of halogens is 2. The van der Waals surface area contributed by atoms with Crippen LogP contribution >= 0.6 is 23.2 Å². The van der Waals surface area contributed by atoms with Crippen molar-refractivity contribution in [1.29, 1.82) is 0 Å². The fraction of sp³-hybridized carbons (Fsp3) is 0.278. The first kappa shape index (κ1) is 18.6. The first-order valence-electron chi connectivity index (χ1n) is 7.63. The Hall–Kier alpha value is -1.75. The van der Waals surface area contributed by atoms with Crippen LogP contribution in [0.1, 0.15) is 12.5 Å². The van der Waals surface area contributed by atoms with Crippen molar-refractivity contribution in [3.63, 3.8) is 0 Å². The van der Waals surface area contributed by atoms with Gasteiger partial charge in [0.25, 0.3) is 0 Å². The number of benzene rings is 2. The molecule has 0 unspecified atom stereocenters. The van der Waals surface area contributed by atoms with Crippen LogP contribution in [-0.2, 0) is 11.3 Å². The first-order chi connectivity index (χ1) is 11.5. The molecular formula is C18H20Cl2N2O2. The molecule has 0 spiro atoms. The topological polar surface area (TPSA) is 41.6 Å². The van der Waals surface area contributed by atoms with Gasteiger partial charge in [0.2, 0.25) is 5.91 Å². The van der Waals surface area contributed by atoms with Crippen LogP contribution in [0.4, 0.5) is 5.69 Å². The summed E-state index contributed by atoms with van der Waals surface area (Å²) in [6, 6.07) is 12.8. The lowest BCUT2D eigenvalue weighted by Gasteiger charge is -2.17. The molecule has 4 nitrogen and oxygen atoms in total. The van der Waals surface area contributed by atoms with Gasteiger partial charge in [-0.25, -0.2) is 0 Å². The van der Waals surface area contributed by atoms with Crippen LogP contribution in [0.15, 0.2) is 42.5 Å². The minimum absolute atomic E-state index is 0.0974. The molecule has 0 radical (unpaired) electrons. The molecule has 0 saturated carbocycles. The molecule has 0 bridgehead atoms. The lowest BCUT2D eigenvalue weighted by molar-refractivity contribution is -0.117. The van der Waals surface area contributed by atoms with E-state index in [0.717, 1.165) is 17.0 Å². The van der Waals surface area contributed by atoms with Gasteiger partial charge in [0, 0.05) is 12.2 Å². The average molecular weight is 367 g/mol. The number of carbonyl (C=O) groups is 1. The van der Waals surface area contributed by atoms with Gasteiger partial charge in [0.1, 0.15) is 5.75 Å². The third-order valence-corrected chi connectivity index (χ3v) is 4.19. The lowest BCUT2D eigenvalue weighted by Crippen LogP contribution is -2.29. The van der Waals surface area contributed by atoms with Gasteiger partial charge in [0.15, 0.2) is 0 Å². The van der Waals surface area contributed by atoms with Crippen molar-refractivity contribution in [2.75, 3.05) is 25.5 Å². The molecular weight excluding hydrogens is 347 g/mol. The number of ether oxygens (including phenoxy) is 1. The van der Waals surface area contributed by atoms with E-state index < -0.39 is 0 Å². The highest BCUT2D eigenvalue weighted by atomic mass is 35.5. The summed E-state index contributed by atoms with van der Waals surface area (Å²) >= 11 is 12.2. The van der Waals surface area contributed by atoms with Crippen molar-refractivity contribution < 1.29 is 9.53 Å². The summed E-state index contributed by atoms with van der Waals surface area (Å²) in [5.41, 5.74) is 1.62. The van der Waals surface area contributed by atoms with E-state index in [0.29, 0.717) is 23.2 Å². The van der Waals surface area contributed by atoms with Gasteiger partial charge in [-0.2, -0.15) is 0 Å². The van der Waals surface area contributed by atoms with Crippen molar-refractivity contribution in [3.8, 4) is 5.75 Å². The highest BCUT2D eigenvalue weighted by Crippen LogP contribution is 2.26. The molecule has 1 N–H and O–H groups in total. The molecule has 24 heavy (non-hydrogen) atoms. The molecule has 1 amide bonds. The second-order valence-electron chi connectivity index (χ2n) is 5.39. The Morgan fingerprint density at radius 3 is 2.54 bits per heavy atom. The van der Waals surface area contributed by atoms with E-state index in [1.165, 1.54) is 0 Å². The molecule has 2 aromatic carbocycles. The number of nitrogens with zero attached hydrogens (tertiary/aromatic N) is 1. The van der Waals surface area contributed by atoms with Crippen molar-refractivity contribution in [3.05, 3.63) is 58.1 Å². The van der Waals surface area contributed by atoms with Crippen LogP contribution in [0.25, 0.3) is 0 Å². The summed E-state index contributed by atoms with van der Waals surface area (Å²) in [5.74, 6) is 0.683. The van der Waals surface area contributed by atoms with Crippen LogP contribution in [0.3, 0.4) is 0 Å². The van der Waals surface area contributed by atoms with E-state index >= 15 is 0 Å². The molecule has 2 rings (SSSR count). The molecule has 6 heteroatoms. The normalized spacial score (nSPS) is 10.7. The summed E-state index contributed by atoms with van der Waals surface area (Å²) in [5, 5.41) is 3.90. The Labute approximate surface area is 152 Å². The molecule has 0 heterocycles. The van der Waals surface area contributed by atoms with Gasteiger partial charge < -0.3 is 10.1 Å². The number of anilines is 1. The predicted molar refractivity (Wildman–Crippen MR) is 99.0 cm³/mol. The highest BCUT2D eigenvalue weighted by Gasteiger charge is 2.11. The summed E-state index contributed by atoms with van der Waals surface area (Å²) in [6.07, 6.45) is 0. The minimum Gasteiger partial charge on any atom is -0.494 e. The van der Waals surface area contributed by atoms with Crippen molar-refractivity contribution in [2.45, 2.75) is 13.5 Å². The third kappa shape index (κ3) is 5.41. The number of nitrogens with one attached hydrogen (secondary N) is 1. The first-order valence-corrected chi connectivity index (χ1v) is 8.39. The number of hydrogen-bond donors (Lipinski definition) is 1. The predicted octanol–water partition coefficient (Wildman–Crippen LogP) is 4.46. The minimum atomic E-state index is -0.0974. The Balaban J connectivity index is 1.88. The average Bonchev–Trinajstić information content (AvgIpc) is 2.54. The molecule has 128 valence electrons. The molecule has 0 aliphatic rings. The van der Waals surface area contributed by atoms with E-state index in [2.05, 4.69) is 5.32 Å². The Kier molecular flexibility index (Phi) is 6.91. The maximum absolute atomic E-state index is 12.1. The summed E-state index contributed by atoms with van der Waals surface area (Å²) in [7, 11) is 1.86. The zero-order chi connectivity index (χ0) is 17.5. The van der Waals surface area contributed by atoms with Crippen LogP contribution in [0.5, 0.6) is 5.75 Å². The van der Waals surface area contributed by atoms with E-state index in [9.17, 15) is 4.79 Å². The maximum Gasteiger partial charge on any atom is 0.238 e. The second-order valence-corrected chi connectivity index (χ2v) is 6.18. The van der Waals surface area contributed by atoms with Crippen molar-refractivity contribution in [1.82, 2.24) is 4.90 Å². The monoisotopic (exact) mass is 366 g/mol. The molecule has 0 aromatic heterocycles. The molecule has 0 aliphatic carbocycles. The van der Waals surface area contributed by atoms with Crippen LogP contribution in [0, 0.1) is 0 Å². The van der Waals surface area contributed by atoms with Crippen molar-refractivity contribution in [2.24, 2.45) is 0 Å². The molecule has 2 aromatic rings. The number of carbonyl (C=O) groups excluding carboxylic acids is 1. The van der Waals surface area contributed by atoms with Crippen molar-refractivity contribution >= 4 is 34.8 Å². The number of amides is 1. The Bertz CT molecular complexity index is 690. The standard InChI is InChI=1S/C18H20Cl2N2O2/c1-3-24-15-9-7-14(8-10-15)21-17(23)12-22(2)11-13-5-4-6-16(19)18(13)20/h4-10H,3,11-12H2,1-2H3,(H,21,23). The summed E-state index contributed by atoms with van der Waals surface area (Å²) in [4.78, 5) is 14.0. The number of hydrogen-bond acceptors (Lipinski definition) is 3. The maximum atomic E-state index is 12.1. The Morgan fingerprint density at radius 2 is 1.88 bits per heavy atom. The van der Waals surface area contributed by atoms with Gasteiger partial charge in [-0.3, -0.25) is 9.69 Å². The van der Waals surface area contributed by atoms with Crippen LogP contribution in [0.2, 0.25) is 10.0 Å². The Morgan fingerprint density at radius 1 is 1.17 bits per heavy atom. The number of rotatable bonds is 7. The largest absolute Gasteiger partial charge is 0.494 e. The highest BCUT2D eigenvalue weighted by molar-refractivity contribution is 6.42. The SMILES string of the molecule is CCOc1ccc(NC(=O)CN(C)Cc2cccc(Cl)c2Cl)cc1. The van der Waals surface area contributed by atoms with Crippen LogP contribution < -0.4 is 10.1 Å². The molecule has 0 aliphatic heterocycles. The van der Waals surface area contributed by atoms with Gasteiger partial charge in [-0.1, -0.05) is 35.3 Å². The van der Waals surface area contributed by atoms with E-state index in [1.807, 2.05) is 55.3 Å². The smallest absolute Gasteiger partial charge is 0.238 e. The van der Waals surface area contributed by atoms with E-state index in [-0.39, 0.29) is 12.5 Å². The quantitative estimate of drug-likeness (QED) is 0.786. The summed E-state index contributed by atoms with van der Waals surface area (Å²) < 4.78 is 5.37.